The largest absolute Gasteiger partial charge is 0.394 e. The van der Waals surface area contributed by atoms with Crippen molar-refractivity contribution < 1.29 is 80.3 Å². The van der Waals surface area contributed by atoms with Gasteiger partial charge in [0, 0.05) is 0 Å². The molecule has 2 heterocycles. The molecule has 0 radical (unpaired) electrons. The van der Waals surface area contributed by atoms with E-state index in [1.807, 2.05) is 0 Å². The van der Waals surface area contributed by atoms with E-state index in [9.17, 15) is 40.5 Å². The van der Waals surface area contributed by atoms with Crippen LogP contribution in [-0.2, 0) is 19.0 Å². The number of ether oxygens (including phenoxy) is 3. The predicted octanol–water partition coefficient (Wildman–Crippen LogP) is -8.14. The van der Waals surface area contributed by atoms with Crippen LogP contribution in [0.25, 0.3) is 0 Å². The first kappa shape index (κ1) is 30.1. The third-order valence-corrected chi connectivity index (χ3v) is 5.05. The summed E-state index contributed by atoms with van der Waals surface area (Å²) in [5, 5.41) is 111. The molecule has 196 valence electrons. The Morgan fingerprint density at radius 3 is 1.82 bits per heavy atom. The minimum absolute atomic E-state index is 0.0869. The Morgan fingerprint density at radius 1 is 0.758 bits per heavy atom. The van der Waals surface area contributed by atoms with Crippen LogP contribution in [0.3, 0.4) is 0 Å². The molecule has 0 saturated carbocycles. The van der Waals surface area contributed by atoms with Crippen LogP contribution in [0.15, 0.2) is 0 Å². The van der Waals surface area contributed by atoms with Gasteiger partial charge in [0.25, 0.3) is 0 Å². The second kappa shape index (κ2) is 13.8. The van der Waals surface area contributed by atoms with Crippen LogP contribution in [0.1, 0.15) is 0 Å². The van der Waals surface area contributed by atoms with Crippen LogP contribution < -0.4 is 0 Å². The second-order valence-electron chi connectivity index (χ2n) is 7.39. The number of hydrogen-bond donors (Lipinski definition) is 12. The molecule has 0 aromatic heterocycles. The minimum Gasteiger partial charge on any atom is -0.394 e. The molecule has 2 aliphatic heterocycles. The SMILES string of the molecule is O=C[C@@H](O)[C@H](O)[C@H](O)CO.OC[C@H]1O[C@@H](O[C@H]2[C@H](O)[C@@H](O)[C@H](O)O[C@@H]2CO)[C@H](O)[C@@H](O)[C@H]1O. The number of carbonyl (C=O) groups is 1. The van der Waals surface area contributed by atoms with Gasteiger partial charge in [0.15, 0.2) is 18.9 Å². The lowest BCUT2D eigenvalue weighted by Gasteiger charge is -2.45. The number of rotatable bonds is 8. The van der Waals surface area contributed by atoms with Crippen molar-refractivity contribution in [2.24, 2.45) is 0 Å². The molecule has 0 spiro atoms. The maximum absolute atomic E-state index is 9.94. The van der Waals surface area contributed by atoms with Crippen LogP contribution in [-0.4, -0.2) is 167 Å². The number of aliphatic hydroxyl groups excluding tert-OH is 12. The molecular weight excluding hydrogens is 460 g/mol. The monoisotopic (exact) mass is 492 g/mol. The van der Waals surface area contributed by atoms with Crippen molar-refractivity contribution in [2.75, 3.05) is 19.8 Å². The molecule has 0 aromatic rings. The summed E-state index contributed by atoms with van der Waals surface area (Å²) in [5.74, 6) is 0. The molecule has 13 atom stereocenters. The van der Waals surface area contributed by atoms with Gasteiger partial charge in [0.2, 0.25) is 0 Å². The lowest BCUT2D eigenvalue weighted by atomic mass is 9.97. The molecule has 0 amide bonds. The zero-order valence-corrected chi connectivity index (χ0v) is 17.2. The normalized spacial score (nSPS) is 41.9. The summed E-state index contributed by atoms with van der Waals surface area (Å²) in [6.45, 7) is -2.03. The third-order valence-electron chi connectivity index (χ3n) is 5.05. The van der Waals surface area contributed by atoms with Gasteiger partial charge >= 0.3 is 0 Å². The molecule has 12 N–H and O–H groups in total. The Balaban J connectivity index is 0.000000461. The molecule has 16 heteroatoms. The van der Waals surface area contributed by atoms with Crippen molar-refractivity contribution >= 4 is 6.29 Å². The summed E-state index contributed by atoms with van der Waals surface area (Å²) >= 11 is 0. The maximum atomic E-state index is 9.94. The summed E-state index contributed by atoms with van der Waals surface area (Å²) in [6, 6.07) is 0. The molecule has 0 bridgehead atoms. The lowest BCUT2D eigenvalue weighted by molar-refractivity contribution is -0.355. The first-order valence-corrected chi connectivity index (χ1v) is 9.81. The Kier molecular flexibility index (Phi) is 12.6. The lowest BCUT2D eigenvalue weighted by Crippen LogP contribution is -2.64. The predicted molar refractivity (Wildman–Crippen MR) is 99.8 cm³/mol. The van der Waals surface area contributed by atoms with Crippen molar-refractivity contribution in [1.29, 1.82) is 0 Å². The average molecular weight is 492 g/mol. The van der Waals surface area contributed by atoms with Gasteiger partial charge in [-0.2, -0.15) is 0 Å². The van der Waals surface area contributed by atoms with Crippen LogP contribution in [0.5, 0.6) is 0 Å². The van der Waals surface area contributed by atoms with Crippen molar-refractivity contribution in [3.63, 3.8) is 0 Å². The molecule has 2 saturated heterocycles. The summed E-state index contributed by atoms with van der Waals surface area (Å²) in [5.41, 5.74) is 0. The summed E-state index contributed by atoms with van der Waals surface area (Å²) in [7, 11) is 0. The van der Waals surface area contributed by atoms with E-state index in [2.05, 4.69) is 0 Å². The van der Waals surface area contributed by atoms with Crippen LogP contribution in [0.2, 0.25) is 0 Å². The van der Waals surface area contributed by atoms with Crippen molar-refractivity contribution in [2.45, 2.75) is 79.7 Å². The Morgan fingerprint density at radius 2 is 1.33 bits per heavy atom. The molecule has 0 aromatic carbocycles. The summed E-state index contributed by atoms with van der Waals surface area (Å²) in [6.07, 6.45) is -20.2. The number of aldehydes is 1. The Bertz CT molecular complexity index is 563. The quantitative estimate of drug-likeness (QED) is 0.140. The van der Waals surface area contributed by atoms with E-state index >= 15 is 0 Å². The van der Waals surface area contributed by atoms with Crippen molar-refractivity contribution in [3.05, 3.63) is 0 Å². The molecule has 16 nitrogen and oxygen atoms in total. The first-order chi connectivity index (χ1) is 15.4. The molecule has 2 aliphatic rings. The molecule has 0 unspecified atom stereocenters. The van der Waals surface area contributed by atoms with E-state index in [-0.39, 0.29) is 6.29 Å². The molecule has 0 aliphatic carbocycles. The van der Waals surface area contributed by atoms with Gasteiger partial charge in [-0.15, -0.1) is 0 Å². The number of aliphatic hydroxyl groups is 12. The molecule has 33 heavy (non-hydrogen) atoms. The second-order valence-corrected chi connectivity index (χ2v) is 7.39. The summed E-state index contributed by atoms with van der Waals surface area (Å²) in [4.78, 5) is 9.76. The Labute approximate surface area is 187 Å². The highest BCUT2D eigenvalue weighted by Gasteiger charge is 2.50. The molecule has 2 rings (SSSR count). The van der Waals surface area contributed by atoms with E-state index < -0.39 is 99.5 Å². The van der Waals surface area contributed by atoms with Gasteiger partial charge in [0.05, 0.1) is 19.8 Å². The van der Waals surface area contributed by atoms with E-state index in [0.717, 1.165) is 0 Å². The minimum atomic E-state index is -1.74. The highest BCUT2D eigenvalue weighted by molar-refractivity contribution is 5.56. The van der Waals surface area contributed by atoms with Gasteiger partial charge in [-0.3, -0.25) is 0 Å². The van der Waals surface area contributed by atoms with Crippen molar-refractivity contribution in [3.8, 4) is 0 Å². The van der Waals surface area contributed by atoms with Gasteiger partial charge < -0.3 is 80.3 Å². The highest BCUT2D eigenvalue weighted by atomic mass is 16.7. The van der Waals surface area contributed by atoms with Gasteiger partial charge in [-0.25, -0.2) is 0 Å². The van der Waals surface area contributed by atoms with Crippen LogP contribution in [0.4, 0.5) is 0 Å². The number of hydrogen-bond acceptors (Lipinski definition) is 16. The zero-order chi connectivity index (χ0) is 25.5. The fourth-order valence-electron chi connectivity index (χ4n) is 2.99. The van der Waals surface area contributed by atoms with Gasteiger partial charge in [-0.05, 0) is 0 Å². The van der Waals surface area contributed by atoms with E-state index in [4.69, 9.17) is 39.7 Å². The molecule has 2 fully saturated rings. The van der Waals surface area contributed by atoms with Gasteiger partial charge in [0.1, 0.15) is 67.1 Å². The van der Waals surface area contributed by atoms with E-state index in [0.29, 0.717) is 0 Å². The number of carbonyl (C=O) groups excluding carboxylic acids is 1. The van der Waals surface area contributed by atoms with Crippen LogP contribution in [0, 0.1) is 0 Å². The topological polar surface area (TPSA) is 288 Å². The molecular formula is C17H32O16. The zero-order valence-electron chi connectivity index (χ0n) is 17.2. The fraction of sp³-hybridized carbons (Fsp3) is 0.941. The average Bonchev–Trinajstić information content (AvgIpc) is 2.82. The third kappa shape index (κ3) is 7.52. The Hall–Kier alpha value is -0.930. The highest BCUT2D eigenvalue weighted by Crippen LogP contribution is 2.28. The van der Waals surface area contributed by atoms with Crippen molar-refractivity contribution in [1.82, 2.24) is 0 Å². The first-order valence-electron chi connectivity index (χ1n) is 9.81. The smallest absolute Gasteiger partial charge is 0.187 e. The van der Waals surface area contributed by atoms with E-state index in [1.54, 1.807) is 0 Å². The fourth-order valence-corrected chi connectivity index (χ4v) is 2.99. The van der Waals surface area contributed by atoms with Crippen LogP contribution >= 0.6 is 0 Å². The summed E-state index contributed by atoms with van der Waals surface area (Å²) < 4.78 is 15.3. The standard InChI is InChI=1S/C12H22O11.C5H10O5/c13-1-3-5(15)6(16)9(19)12(22-3)23-10-4(2-14)21-11(20)8(18)7(10)17;6-1-3(8)5(10)4(9)2-7/h3-20H,1-2H2;1,3-5,7-10H,2H2/t3-,4-,5+,6+,7-,8-,9-,10-,11-,12+;3-,4-,5+/m11/s1. The van der Waals surface area contributed by atoms with E-state index in [1.165, 1.54) is 0 Å². The maximum Gasteiger partial charge on any atom is 0.187 e. The van der Waals surface area contributed by atoms with Gasteiger partial charge in [-0.1, -0.05) is 0 Å².